The van der Waals surface area contributed by atoms with E-state index in [-0.39, 0.29) is 36.1 Å². The van der Waals surface area contributed by atoms with E-state index in [0.29, 0.717) is 11.4 Å². The zero-order valence-corrected chi connectivity index (χ0v) is 24.6. The molecule has 2 N–H and O–H groups in total. The first-order chi connectivity index (χ1) is 17.1. The van der Waals surface area contributed by atoms with Gasteiger partial charge < -0.3 is 0 Å². The van der Waals surface area contributed by atoms with Crippen LogP contribution >= 0.6 is 0 Å². The van der Waals surface area contributed by atoms with Crippen LogP contribution in [0.5, 0.6) is 0 Å². The fourth-order valence-corrected chi connectivity index (χ4v) is 11.2. The van der Waals surface area contributed by atoms with E-state index in [1.807, 2.05) is 38.1 Å². The molecule has 186 valence electrons. The van der Waals surface area contributed by atoms with E-state index in [1.54, 1.807) is 72.8 Å². The molecule has 0 aliphatic heterocycles. The molecule has 4 rings (SSSR count). The molecule has 0 atom stereocenters. The van der Waals surface area contributed by atoms with Crippen LogP contribution < -0.4 is 18.4 Å². The summed E-state index contributed by atoms with van der Waals surface area (Å²) in [6.45, 7) is 3.82. The molecule has 0 saturated carbocycles. The van der Waals surface area contributed by atoms with Crippen LogP contribution in [0.25, 0.3) is 0 Å². The molecule has 0 unspecified atom stereocenters. The Labute approximate surface area is 223 Å². The Hall–Kier alpha value is -2.58. The van der Waals surface area contributed by atoms with Crippen LogP contribution in [0.15, 0.2) is 107 Å². The molecule has 0 saturated heterocycles. The van der Waals surface area contributed by atoms with Gasteiger partial charge >= 0.3 is 225 Å². The monoisotopic (exact) mass is 652 g/mol. The summed E-state index contributed by atoms with van der Waals surface area (Å²) in [5, 5.41) is 0. The van der Waals surface area contributed by atoms with E-state index in [0.717, 1.165) is 20.1 Å². The van der Waals surface area contributed by atoms with Crippen molar-refractivity contribution in [3.63, 3.8) is 0 Å². The van der Waals surface area contributed by atoms with Crippen molar-refractivity contribution in [3.05, 3.63) is 108 Å². The van der Waals surface area contributed by atoms with Gasteiger partial charge in [-0.1, -0.05) is 0 Å². The van der Waals surface area contributed by atoms with Crippen LogP contribution in [-0.4, -0.2) is 43.1 Å². The van der Waals surface area contributed by atoms with Gasteiger partial charge in [0, 0.05) is 0 Å². The third-order valence-corrected chi connectivity index (χ3v) is 15.1. The van der Waals surface area contributed by atoms with Crippen LogP contribution in [-0.2, 0) is 20.0 Å². The van der Waals surface area contributed by atoms with Crippen molar-refractivity contribution < 1.29 is 16.8 Å². The molecule has 6 nitrogen and oxygen atoms in total. The van der Waals surface area contributed by atoms with Crippen molar-refractivity contribution >= 4 is 66.6 Å². The van der Waals surface area contributed by atoms with Gasteiger partial charge in [-0.15, -0.1) is 0 Å². The van der Waals surface area contributed by atoms with Crippen LogP contribution in [0, 0.1) is 13.8 Å². The maximum atomic E-state index is 12.6. The van der Waals surface area contributed by atoms with Gasteiger partial charge in [0.2, 0.25) is 0 Å². The van der Waals surface area contributed by atoms with Gasteiger partial charge in [0.1, 0.15) is 0 Å². The zero-order chi connectivity index (χ0) is 25.8. The van der Waals surface area contributed by atoms with Crippen LogP contribution in [0.3, 0.4) is 0 Å². The molecule has 0 aromatic heterocycles. The summed E-state index contributed by atoms with van der Waals surface area (Å²) >= 11 is 0.397. The third-order valence-electron chi connectivity index (χ3n) is 5.11. The Morgan fingerprint density at radius 1 is 0.472 bits per heavy atom. The van der Waals surface area contributed by atoms with Crippen molar-refractivity contribution in [2.24, 2.45) is 0 Å². The number of anilines is 2. The molecule has 0 fully saturated rings. The number of rotatable bonds is 9. The van der Waals surface area contributed by atoms with Gasteiger partial charge in [-0.3, -0.25) is 0 Å². The molecule has 0 heterocycles. The van der Waals surface area contributed by atoms with Crippen LogP contribution in [0.1, 0.15) is 11.1 Å². The van der Waals surface area contributed by atoms with Crippen molar-refractivity contribution in [2.45, 2.75) is 23.6 Å². The summed E-state index contributed by atoms with van der Waals surface area (Å²) in [6.07, 6.45) is 0. The van der Waals surface area contributed by atoms with Crippen LogP contribution in [0.2, 0.25) is 0 Å². The Bertz CT molecular complexity index is 1420. The first-order valence-electron chi connectivity index (χ1n) is 10.8. The van der Waals surface area contributed by atoms with Crippen molar-refractivity contribution in [3.8, 4) is 0 Å². The molecule has 4 aromatic carbocycles. The molecule has 36 heavy (non-hydrogen) atoms. The molecule has 0 aliphatic carbocycles. The van der Waals surface area contributed by atoms with Crippen molar-refractivity contribution in [1.82, 2.24) is 0 Å². The van der Waals surface area contributed by atoms with Gasteiger partial charge in [-0.25, -0.2) is 0 Å². The Balaban J connectivity index is 1.33. The van der Waals surface area contributed by atoms with Gasteiger partial charge in [-0.2, -0.15) is 0 Å². The first-order valence-corrected chi connectivity index (χ1v) is 19.9. The normalized spacial score (nSPS) is 11.7. The maximum absolute atomic E-state index is 12.6. The molecule has 0 spiro atoms. The number of hydrogen-bond acceptors (Lipinski definition) is 4. The van der Waals surface area contributed by atoms with Gasteiger partial charge in [-0.05, 0) is 0 Å². The topological polar surface area (TPSA) is 92.3 Å². The standard InChI is InChI=1S/C26H24N2O4S2Se2/c1-19-3-11-23(12-4-19)33(29,30)27-21-7-15-25(16-8-21)35-36-26-17-9-22(10-18-26)28-34(31,32)24-13-5-20(2)6-14-24/h3-18,27-28H,1-2H3. The van der Waals surface area contributed by atoms with E-state index in [9.17, 15) is 16.8 Å². The predicted molar refractivity (Wildman–Crippen MR) is 148 cm³/mol. The zero-order valence-electron chi connectivity index (χ0n) is 19.5. The number of nitrogens with one attached hydrogen (secondary N) is 2. The average molecular weight is 651 g/mol. The van der Waals surface area contributed by atoms with E-state index >= 15 is 0 Å². The van der Waals surface area contributed by atoms with E-state index in [1.165, 1.54) is 0 Å². The number of benzene rings is 4. The molecule has 10 heteroatoms. The Kier molecular flexibility index (Phi) is 8.25. The quantitative estimate of drug-likeness (QED) is 0.273. The fourth-order valence-electron chi connectivity index (χ4n) is 3.12. The molecular weight excluding hydrogens is 626 g/mol. The number of hydrogen-bond donors (Lipinski definition) is 2. The summed E-state index contributed by atoms with van der Waals surface area (Å²) in [4.78, 5) is 0.462. The first kappa shape index (κ1) is 26.5. The van der Waals surface area contributed by atoms with Gasteiger partial charge in [0.15, 0.2) is 0 Å². The average Bonchev–Trinajstić information content (AvgIpc) is 2.85. The molecule has 0 aliphatic rings. The second-order valence-electron chi connectivity index (χ2n) is 8.05. The molecule has 4 aromatic rings. The summed E-state index contributed by atoms with van der Waals surface area (Å²) in [5.41, 5.74) is 3.04. The molecule has 0 radical (unpaired) electrons. The summed E-state index contributed by atoms with van der Waals surface area (Å²) < 4.78 is 57.8. The predicted octanol–water partition coefficient (Wildman–Crippen LogP) is 3.18. The van der Waals surface area contributed by atoms with Gasteiger partial charge in [0.05, 0.1) is 0 Å². The summed E-state index contributed by atoms with van der Waals surface area (Å²) in [7, 11) is -7.25. The van der Waals surface area contributed by atoms with E-state index < -0.39 is 20.0 Å². The number of aryl methyl sites for hydroxylation is 2. The van der Waals surface area contributed by atoms with Gasteiger partial charge in [0.25, 0.3) is 0 Å². The van der Waals surface area contributed by atoms with Crippen molar-refractivity contribution in [2.75, 3.05) is 9.44 Å². The SMILES string of the molecule is Cc1ccc(S(=O)(=O)Nc2ccc([Se][Se]c3ccc(NS(=O)(=O)c4ccc(C)cc4)cc3)cc2)cc1. The minimum atomic E-state index is -3.62. The second-order valence-corrected chi connectivity index (χ2v) is 17.7. The second kappa shape index (κ2) is 11.2. The van der Waals surface area contributed by atoms with E-state index in [4.69, 9.17) is 0 Å². The summed E-state index contributed by atoms with van der Waals surface area (Å²) in [6, 6.07) is 28.4. The molecule has 0 amide bonds. The van der Waals surface area contributed by atoms with Crippen LogP contribution in [0.4, 0.5) is 11.4 Å². The summed E-state index contributed by atoms with van der Waals surface area (Å²) in [5.74, 6) is 0. The third kappa shape index (κ3) is 7.01. The van der Waals surface area contributed by atoms with Crippen molar-refractivity contribution in [1.29, 1.82) is 0 Å². The minimum absolute atomic E-state index is 0.199. The Morgan fingerprint density at radius 3 is 1.08 bits per heavy atom. The fraction of sp³-hybridized carbons (Fsp3) is 0.0769. The number of sulfonamides is 2. The van der Waals surface area contributed by atoms with E-state index in [2.05, 4.69) is 9.44 Å². The molecule has 0 bridgehead atoms. The Morgan fingerprint density at radius 2 is 0.778 bits per heavy atom. The molecular formula is C26H24N2O4S2Se2.